The Bertz CT molecular complexity index is 260. The summed E-state index contributed by atoms with van der Waals surface area (Å²) in [5.74, 6) is 2.09. The van der Waals surface area contributed by atoms with Gasteiger partial charge in [-0.05, 0) is 18.8 Å². The van der Waals surface area contributed by atoms with Crippen LogP contribution < -0.4 is 0 Å². The van der Waals surface area contributed by atoms with Gasteiger partial charge in [0, 0.05) is 1.43 Å². The minimum absolute atomic E-state index is 0. The Hall–Kier alpha value is -0.780. The third-order valence-electron chi connectivity index (χ3n) is 3.65. The molecule has 0 unspecified atom stereocenters. The van der Waals surface area contributed by atoms with E-state index in [0.717, 1.165) is 11.8 Å². The van der Waals surface area contributed by atoms with Gasteiger partial charge in [0.05, 0.1) is 0 Å². The lowest BCUT2D eigenvalue weighted by Crippen LogP contribution is -2.10. The molecule has 0 heterocycles. The van der Waals surface area contributed by atoms with Crippen LogP contribution in [0.3, 0.4) is 0 Å². The molecule has 0 saturated heterocycles. The monoisotopic (exact) mass is 220 g/mol. The molecule has 0 N–H and O–H groups in total. The lowest BCUT2D eigenvalue weighted by Gasteiger charge is -2.24. The van der Waals surface area contributed by atoms with Crippen LogP contribution in [0.4, 0.5) is 0 Å². The van der Waals surface area contributed by atoms with Gasteiger partial charge in [0.25, 0.3) is 0 Å². The number of hydrogen-bond donors (Lipinski definition) is 0. The summed E-state index contributed by atoms with van der Waals surface area (Å²) in [6, 6.07) is 10.3. The highest BCUT2D eigenvalue weighted by molar-refractivity contribution is 5.11. The average Bonchev–Trinajstić information content (AvgIpc) is 2.32. The molecule has 0 aliphatic heterocycles. The van der Waals surface area contributed by atoms with E-state index >= 15 is 0 Å². The van der Waals surface area contributed by atoms with Gasteiger partial charge in [-0.2, -0.15) is 0 Å². The molecule has 92 valence electrons. The van der Waals surface area contributed by atoms with Crippen molar-refractivity contribution in [1.82, 2.24) is 0 Å². The fourth-order valence-corrected chi connectivity index (χ4v) is 2.27. The van der Waals surface area contributed by atoms with Crippen LogP contribution in [-0.2, 0) is 0 Å². The molecule has 1 aliphatic rings. The second-order valence-electron chi connectivity index (χ2n) is 5.19. The minimum atomic E-state index is 0. The smallest absolute Gasteiger partial charge is 0 e. The summed E-state index contributed by atoms with van der Waals surface area (Å²) in [6.07, 6.45) is 7.37. The summed E-state index contributed by atoms with van der Waals surface area (Å²) in [7, 11) is 0. The van der Waals surface area contributed by atoms with Gasteiger partial charge in [0.2, 0.25) is 0 Å². The van der Waals surface area contributed by atoms with Crippen LogP contribution in [0.2, 0.25) is 0 Å². The first-order valence-corrected chi connectivity index (χ1v) is 6.74. The molecule has 0 bridgehead atoms. The van der Waals surface area contributed by atoms with E-state index in [4.69, 9.17) is 0 Å². The standard InChI is InChI=1S/C9H18.C7H8.H2/c1-3-9-6-4-8(2)5-7-9;1-7-5-3-2-4-6-7;/h8-9H,3-7H2,1-2H3;2-6H,1H3;1H. The molecule has 1 aromatic rings. The molecule has 0 atom stereocenters. The number of hydrogen-bond acceptors (Lipinski definition) is 0. The largest absolute Gasteiger partial charge is 0.0651 e. The molecule has 0 radical (unpaired) electrons. The first-order chi connectivity index (χ1) is 7.72. The molecule has 0 spiro atoms. The summed E-state index contributed by atoms with van der Waals surface area (Å²) < 4.78 is 0. The van der Waals surface area contributed by atoms with E-state index in [2.05, 4.69) is 32.9 Å². The van der Waals surface area contributed by atoms with Gasteiger partial charge in [-0.15, -0.1) is 0 Å². The van der Waals surface area contributed by atoms with Crippen molar-refractivity contribution in [2.75, 3.05) is 0 Å². The van der Waals surface area contributed by atoms with Gasteiger partial charge in [-0.25, -0.2) is 0 Å². The molecule has 1 fully saturated rings. The quantitative estimate of drug-likeness (QED) is 0.589. The first kappa shape index (κ1) is 13.3. The molecule has 1 aliphatic carbocycles. The predicted octanol–water partition coefficient (Wildman–Crippen LogP) is 5.46. The maximum Gasteiger partial charge on any atom is 0 e. The summed E-state index contributed by atoms with van der Waals surface area (Å²) >= 11 is 0. The number of aryl methyl sites for hydroxylation is 1. The third kappa shape index (κ3) is 5.34. The van der Waals surface area contributed by atoms with Crippen molar-refractivity contribution in [3.8, 4) is 0 Å². The highest BCUT2D eigenvalue weighted by atomic mass is 14.2. The molecule has 0 heteroatoms. The zero-order valence-corrected chi connectivity index (χ0v) is 11.1. The van der Waals surface area contributed by atoms with E-state index in [-0.39, 0.29) is 1.43 Å². The van der Waals surface area contributed by atoms with Crippen LogP contribution >= 0.6 is 0 Å². The van der Waals surface area contributed by atoms with E-state index in [1.165, 1.54) is 37.7 Å². The van der Waals surface area contributed by atoms with Crippen LogP contribution in [0.15, 0.2) is 30.3 Å². The Morgan fingerprint density at radius 2 is 1.62 bits per heavy atom. The van der Waals surface area contributed by atoms with Gasteiger partial charge in [0.1, 0.15) is 0 Å². The predicted molar refractivity (Wildman–Crippen MR) is 74.7 cm³/mol. The highest BCUT2D eigenvalue weighted by Crippen LogP contribution is 2.29. The van der Waals surface area contributed by atoms with E-state index in [1.54, 1.807) is 0 Å². The third-order valence-corrected chi connectivity index (χ3v) is 3.65. The van der Waals surface area contributed by atoms with E-state index in [1.807, 2.05) is 18.2 Å². The van der Waals surface area contributed by atoms with Crippen molar-refractivity contribution in [2.24, 2.45) is 11.8 Å². The lowest BCUT2D eigenvalue weighted by atomic mass is 9.82. The van der Waals surface area contributed by atoms with Gasteiger partial charge in [-0.1, -0.05) is 81.8 Å². The normalized spacial score (nSPS) is 24.4. The van der Waals surface area contributed by atoms with Crippen LogP contribution in [0.25, 0.3) is 0 Å². The van der Waals surface area contributed by atoms with E-state index in [0.29, 0.717) is 0 Å². The zero-order chi connectivity index (χ0) is 11.8. The SMILES string of the molecule is CCC1CCC(C)CC1.Cc1ccccc1.[HH]. The molecule has 16 heavy (non-hydrogen) atoms. The lowest BCUT2D eigenvalue weighted by molar-refractivity contribution is 0.284. The van der Waals surface area contributed by atoms with E-state index < -0.39 is 0 Å². The van der Waals surface area contributed by atoms with Gasteiger partial charge in [0.15, 0.2) is 0 Å². The van der Waals surface area contributed by atoms with Gasteiger partial charge >= 0.3 is 0 Å². The average molecular weight is 220 g/mol. The molecule has 1 aromatic carbocycles. The van der Waals surface area contributed by atoms with Gasteiger partial charge in [-0.3, -0.25) is 0 Å². The summed E-state index contributed by atoms with van der Waals surface area (Å²) in [5, 5.41) is 0. The fraction of sp³-hybridized carbons (Fsp3) is 0.625. The summed E-state index contributed by atoms with van der Waals surface area (Å²) in [5.41, 5.74) is 1.32. The summed E-state index contributed by atoms with van der Waals surface area (Å²) in [6.45, 7) is 6.78. The first-order valence-electron chi connectivity index (χ1n) is 6.74. The molecule has 1 saturated carbocycles. The zero-order valence-electron chi connectivity index (χ0n) is 11.1. The Morgan fingerprint density at radius 3 is 2.00 bits per heavy atom. The van der Waals surface area contributed by atoms with Crippen molar-refractivity contribution in [2.45, 2.75) is 52.9 Å². The Labute approximate surface area is 103 Å². The van der Waals surface area contributed by atoms with Crippen molar-refractivity contribution in [3.63, 3.8) is 0 Å². The molecular weight excluding hydrogens is 192 g/mol. The number of rotatable bonds is 1. The Morgan fingerprint density at radius 1 is 1.06 bits per heavy atom. The van der Waals surface area contributed by atoms with Gasteiger partial charge < -0.3 is 0 Å². The maximum atomic E-state index is 2.38. The van der Waals surface area contributed by atoms with Crippen molar-refractivity contribution >= 4 is 0 Å². The molecule has 0 nitrogen and oxygen atoms in total. The van der Waals surface area contributed by atoms with E-state index in [9.17, 15) is 0 Å². The second kappa shape index (κ2) is 7.49. The van der Waals surface area contributed by atoms with Crippen LogP contribution in [0.5, 0.6) is 0 Å². The molecular formula is C16H28. The Balaban J connectivity index is 0.000000292. The van der Waals surface area contributed by atoms with Crippen molar-refractivity contribution < 1.29 is 1.43 Å². The molecule has 2 rings (SSSR count). The van der Waals surface area contributed by atoms with Crippen molar-refractivity contribution in [3.05, 3.63) is 35.9 Å². The van der Waals surface area contributed by atoms with Crippen molar-refractivity contribution in [1.29, 1.82) is 0 Å². The molecule has 0 amide bonds. The summed E-state index contributed by atoms with van der Waals surface area (Å²) in [4.78, 5) is 0. The second-order valence-corrected chi connectivity index (χ2v) is 5.19. The topological polar surface area (TPSA) is 0 Å². The van der Waals surface area contributed by atoms with Crippen LogP contribution in [0, 0.1) is 18.8 Å². The van der Waals surface area contributed by atoms with Crippen LogP contribution in [-0.4, -0.2) is 0 Å². The maximum absolute atomic E-state index is 2.38. The minimum Gasteiger partial charge on any atom is -0.0651 e. The van der Waals surface area contributed by atoms with Crippen LogP contribution in [0.1, 0.15) is 52.9 Å². The Kier molecular flexibility index (Phi) is 6.22. The molecule has 0 aromatic heterocycles. The highest BCUT2D eigenvalue weighted by Gasteiger charge is 2.15. The number of benzene rings is 1. The fourth-order valence-electron chi connectivity index (χ4n) is 2.27.